The van der Waals surface area contributed by atoms with Crippen molar-refractivity contribution in [1.29, 1.82) is 0 Å². The molecule has 88 valence electrons. The highest BCUT2D eigenvalue weighted by atomic mass is 19.3. The van der Waals surface area contributed by atoms with Crippen molar-refractivity contribution in [3.05, 3.63) is 29.3 Å². The lowest BCUT2D eigenvalue weighted by Crippen LogP contribution is -2.09. The number of benzene rings is 1. The van der Waals surface area contributed by atoms with Crippen LogP contribution in [0.2, 0.25) is 0 Å². The molecular weight excluding hydrogens is 212 g/mol. The van der Waals surface area contributed by atoms with E-state index in [9.17, 15) is 8.78 Å². The van der Waals surface area contributed by atoms with Gasteiger partial charge in [-0.3, -0.25) is 0 Å². The number of ether oxygens (including phenoxy) is 1. The van der Waals surface area contributed by atoms with Gasteiger partial charge in [0.25, 0.3) is 6.43 Å². The van der Waals surface area contributed by atoms with Crippen LogP contribution in [-0.2, 0) is 0 Å². The summed E-state index contributed by atoms with van der Waals surface area (Å²) in [4.78, 5) is 0. The van der Waals surface area contributed by atoms with Crippen molar-refractivity contribution in [3.63, 3.8) is 0 Å². The molecule has 1 unspecified atom stereocenters. The Morgan fingerprint density at radius 1 is 1.44 bits per heavy atom. The highest BCUT2D eigenvalue weighted by Gasteiger charge is 2.24. The summed E-state index contributed by atoms with van der Waals surface area (Å²) in [6, 6.07) is 4.98. The first-order valence-electron chi connectivity index (χ1n) is 5.39. The Morgan fingerprint density at radius 2 is 2.25 bits per heavy atom. The van der Waals surface area contributed by atoms with E-state index in [1.54, 1.807) is 6.07 Å². The van der Waals surface area contributed by atoms with Crippen LogP contribution in [0.1, 0.15) is 29.9 Å². The maximum Gasteiger partial charge on any atom is 0.267 e. The molecule has 4 heteroatoms. The quantitative estimate of drug-likeness (QED) is 0.857. The van der Waals surface area contributed by atoms with Gasteiger partial charge in [0, 0.05) is 12.5 Å². The predicted molar refractivity (Wildman–Crippen MR) is 58.2 cm³/mol. The number of hydrogen-bond donors (Lipinski definition) is 1. The standard InChI is InChI=1S/C12H15F2NO/c1-16-11-9(8-5-6-15-7-8)3-2-4-10(11)12(13)14/h2-4,8,12,15H,5-7H2,1H3. The summed E-state index contributed by atoms with van der Waals surface area (Å²) in [6.07, 6.45) is -1.51. The second kappa shape index (κ2) is 4.78. The van der Waals surface area contributed by atoms with Gasteiger partial charge in [-0.1, -0.05) is 12.1 Å². The Bertz CT molecular complexity index is 362. The third-order valence-electron chi connectivity index (χ3n) is 3.02. The molecule has 0 aliphatic carbocycles. The van der Waals surface area contributed by atoms with Crippen LogP contribution in [0.3, 0.4) is 0 Å². The average Bonchev–Trinajstić information content (AvgIpc) is 2.81. The molecule has 1 heterocycles. The van der Waals surface area contributed by atoms with Crippen LogP contribution in [0, 0.1) is 0 Å². The van der Waals surface area contributed by atoms with Gasteiger partial charge >= 0.3 is 0 Å². The molecule has 1 aliphatic heterocycles. The molecule has 2 nitrogen and oxygen atoms in total. The second-order valence-electron chi connectivity index (χ2n) is 3.96. The summed E-state index contributed by atoms with van der Waals surface area (Å²) in [5, 5.41) is 3.23. The van der Waals surface area contributed by atoms with E-state index in [2.05, 4.69) is 5.32 Å². The van der Waals surface area contributed by atoms with Gasteiger partial charge in [-0.2, -0.15) is 0 Å². The normalized spacial score (nSPS) is 20.4. The van der Waals surface area contributed by atoms with Crippen LogP contribution >= 0.6 is 0 Å². The van der Waals surface area contributed by atoms with Crippen molar-refractivity contribution in [3.8, 4) is 5.75 Å². The highest BCUT2D eigenvalue weighted by Crippen LogP contribution is 2.37. The topological polar surface area (TPSA) is 21.3 Å². The summed E-state index contributed by atoms with van der Waals surface area (Å²) in [5.41, 5.74) is 0.886. The third-order valence-corrected chi connectivity index (χ3v) is 3.02. The van der Waals surface area contributed by atoms with Gasteiger partial charge in [-0.25, -0.2) is 8.78 Å². The SMILES string of the molecule is COc1c(C(F)F)cccc1C1CCNC1. The van der Waals surface area contributed by atoms with Crippen molar-refractivity contribution >= 4 is 0 Å². The Kier molecular flexibility index (Phi) is 3.39. The number of alkyl halides is 2. The summed E-state index contributed by atoms with van der Waals surface area (Å²) in [5.74, 6) is 0.639. The van der Waals surface area contributed by atoms with Gasteiger partial charge in [0.2, 0.25) is 0 Å². The zero-order valence-corrected chi connectivity index (χ0v) is 9.17. The molecule has 0 saturated carbocycles. The smallest absolute Gasteiger partial charge is 0.267 e. The molecule has 1 aromatic rings. The molecule has 1 atom stereocenters. The van der Waals surface area contributed by atoms with E-state index in [0.717, 1.165) is 25.1 Å². The number of halogens is 2. The lowest BCUT2D eigenvalue weighted by molar-refractivity contribution is 0.146. The number of rotatable bonds is 3. The Balaban J connectivity index is 2.39. The number of nitrogens with one attached hydrogen (secondary N) is 1. The minimum absolute atomic E-state index is 0.00750. The van der Waals surface area contributed by atoms with Gasteiger partial charge < -0.3 is 10.1 Å². The molecule has 1 saturated heterocycles. The zero-order chi connectivity index (χ0) is 11.5. The first-order chi connectivity index (χ1) is 7.74. The van der Waals surface area contributed by atoms with E-state index >= 15 is 0 Å². The maximum absolute atomic E-state index is 12.8. The van der Waals surface area contributed by atoms with E-state index < -0.39 is 6.43 Å². The van der Waals surface area contributed by atoms with Crippen molar-refractivity contribution in [2.24, 2.45) is 0 Å². The lowest BCUT2D eigenvalue weighted by Gasteiger charge is -2.16. The van der Waals surface area contributed by atoms with Gasteiger partial charge in [0.15, 0.2) is 0 Å². The van der Waals surface area contributed by atoms with Crippen LogP contribution in [0.15, 0.2) is 18.2 Å². The van der Waals surface area contributed by atoms with Crippen LogP contribution in [0.25, 0.3) is 0 Å². The van der Waals surface area contributed by atoms with Crippen LogP contribution in [-0.4, -0.2) is 20.2 Å². The number of para-hydroxylation sites is 1. The minimum atomic E-state index is -2.48. The number of hydrogen-bond acceptors (Lipinski definition) is 2. The zero-order valence-electron chi connectivity index (χ0n) is 9.17. The van der Waals surface area contributed by atoms with Gasteiger partial charge in [0.1, 0.15) is 5.75 Å². The average molecular weight is 227 g/mol. The molecule has 0 radical (unpaired) electrons. The number of methoxy groups -OCH3 is 1. The molecule has 1 fully saturated rings. The largest absolute Gasteiger partial charge is 0.496 e. The molecule has 1 N–H and O–H groups in total. The first kappa shape index (κ1) is 11.3. The van der Waals surface area contributed by atoms with E-state index in [1.807, 2.05) is 6.07 Å². The fourth-order valence-corrected chi connectivity index (χ4v) is 2.22. The molecule has 1 aromatic carbocycles. The van der Waals surface area contributed by atoms with Gasteiger partial charge in [0.05, 0.1) is 12.7 Å². The fraction of sp³-hybridized carbons (Fsp3) is 0.500. The molecule has 0 bridgehead atoms. The van der Waals surface area contributed by atoms with Gasteiger partial charge in [-0.05, 0) is 24.6 Å². The monoisotopic (exact) mass is 227 g/mol. The summed E-state index contributed by atoms with van der Waals surface area (Å²) >= 11 is 0. The fourth-order valence-electron chi connectivity index (χ4n) is 2.22. The molecule has 0 aromatic heterocycles. The Labute approximate surface area is 93.6 Å². The van der Waals surface area contributed by atoms with Gasteiger partial charge in [-0.15, -0.1) is 0 Å². The van der Waals surface area contributed by atoms with Crippen molar-refractivity contribution in [2.45, 2.75) is 18.8 Å². The molecule has 0 amide bonds. The van der Waals surface area contributed by atoms with Crippen LogP contribution in [0.4, 0.5) is 8.78 Å². The molecular formula is C12H15F2NO. The first-order valence-corrected chi connectivity index (χ1v) is 5.39. The third kappa shape index (κ3) is 2.02. The predicted octanol–water partition coefficient (Wildman–Crippen LogP) is 2.71. The molecule has 2 rings (SSSR count). The molecule has 16 heavy (non-hydrogen) atoms. The van der Waals surface area contributed by atoms with E-state index in [4.69, 9.17) is 4.74 Å². The van der Waals surface area contributed by atoms with E-state index in [-0.39, 0.29) is 11.5 Å². The van der Waals surface area contributed by atoms with Crippen molar-refractivity contribution in [1.82, 2.24) is 5.32 Å². The lowest BCUT2D eigenvalue weighted by atomic mass is 9.95. The van der Waals surface area contributed by atoms with Crippen molar-refractivity contribution < 1.29 is 13.5 Å². The Morgan fingerprint density at radius 3 is 2.81 bits per heavy atom. The van der Waals surface area contributed by atoms with E-state index in [1.165, 1.54) is 13.2 Å². The van der Waals surface area contributed by atoms with Crippen LogP contribution in [0.5, 0.6) is 5.75 Å². The summed E-state index contributed by atoms with van der Waals surface area (Å²) in [6.45, 7) is 1.77. The molecule has 1 aliphatic rings. The highest BCUT2D eigenvalue weighted by molar-refractivity contribution is 5.44. The molecule has 0 spiro atoms. The van der Waals surface area contributed by atoms with Crippen molar-refractivity contribution in [2.75, 3.05) is 20.2 Å². The maximum atomic E-state index is 12.8. The minimum Gasteiger partial charge on any atom is -0.496 e. The second-order valence-corrected chi connectivity index (χ2v) is 3.96. The summed E-state index contributed by atoms with van der Waals surface area (Å²) < 4.78 is 30.7. The van der Waals surface area contributed by atoms with Crippen LogP contribution < -0.4 is 10.1 Å². The summed E-state index contributed by atoms with van der Waals surface area (Å²) in [7, 11) is 1.45. The Hall–Kier alpha value is -1.16. The van der Waals surface area contributed by atoms with E-state index in [0.29, 0.717) is 5.75 Å².